The van der Waals surface area contributed by atoms with Gasteiger partial charge in [0.1, 0.15) is 5.75 Å². The summed E-state index contributed by atoms with van der Waals surface area (Å²) in [6, 6.07) is 14.9. The lowest BCUT2D eigenvalue weighted by atomic mass is 10.1. The molecule has 0 aliphatic rings. The zero-order chi connectivity index (χ0) is 20.8. The SMILES string of the molecule is COc1ccccc1NC(=O)COc1cc(C)nc(Nc2ccc(C)c(C)c2)n1. The molecule has 7 heteroatoms. The van der Waals surface area contributed by atoms with Gasteiger partial charge in [-0.1, -0.05) is 18.2 Å². The van der Waals surface area contributed by atoms with Crippen LogP contribution in [0, 0.1) is 20.8 Å². The predicted molar refractivity (Wildman–Crippen MR) is 113 cm³/mol. The Balaban J connectivity index is 1.65. The number of nitrogens with one attached hydrogen (secondary N) is 2. The summed E-state index contributed by atoms with van der Waals surface area (Å²) in [4.78, 5) is 21.0. The fourth-order valence-electron chi connectivity index (χ4n) is 2.69. The highest BCUT2D eigenvalue weighted by molar-refractivity contribution is 5.93. The number of para-hydroxylation sites is 2. The number of ether oxygens (including phenoxy) is 2. The summed E-state index contributed by atoms with van der Waals surface area (Å²) in [7, 11) is 1.55. The summed E-state index contributed by atoms with van der Waals surface area (Å²) in [5, 5.41) is 5.94. The van der Waals surface area contributed by atoms with Gasteiger partial charge >= 0.3 is 0 Å². The Morgan fingerprint density at radius 3 is 2.55 bits per heavy atom. The van der Waals surface area contributed by atoms with E-state index in [9.17, 15) is 4.79 Å². The van der Waals surface area contributed by atoms with Crippen molar-refractivity contribution in [1.82, 2.24) is 9.97 Å². The van der Waals surface area contributed by atoms with Gasteiger partial charge < -0.3 is 20.1 Å². The summed E-state index contributed by atoms with van der Waals surface area (Å²) in [5.41, 5.74) is 4.59. The zero-order valence-corrected chi connectivity index (χ0v) is 16.9. The molecule has 3 rings (SSSR count). The fourth-order valence-corrected chi connectivity index (χ4v) is 2.69. The number of nitrogens with zero attached hydrogens (tertiary/aromatic N) is 2. The third kappa shape index (κ3) is 5.44. The van der Waals surface area contributed by atoms with E-state index < -0.39 is 0 Å². The molecular weight excluding hydrogens is 368 g/mol. The van der Waals surface area contributed by atoms with E-state index in [1.54, 1.807) is 25.3 Å². The molecule has 0 aliphatic heterocycles. The van der Waals surface area contributed by atoms with Crippen LogP contribution in [0.2, 0.25) is 0 Å². The van der Waals surface area contributed by atoms with Crippen LogP contribution >= 0.6 is 0 Å². The largest absolute Gasteiger partial charge is 0.495 e. The Morgan fingerprint density at radius 2 is 1.79 bits per heavy atom. The molecule has 2 aromatic carbocycles. The predicted octanol–water partition coefficient (Wildman–Crippen LogP) is 4.17. The molecule has 0 aliphatic carbocycles. The number of hydrogen-bond donors (Lipinski definition) is 2. The van der Waals surface area contributed by atoms with E-state index in [4.69, 9.17) is 9.47 Å². The Hall–Kier alpha value is -3.61. The van der Waals surface area contributed by atoms with Crippen LogP contribution in [-0.2, 0) is 4.79 Å². The van der Waals surface area contributed by atoms with Crippen molar-refractivity contribution in [3.63, 3.8) is 0 Å². The van der Waals surface area contributed by atoms with Gasteiger partial charge in [-0.3, -0.25) is 4.79 Å². The molecule has 0 saturated carbocycles. The summed E-state index contributed by atoms with van der Waals surface area (Å²) in [5.74, 6) is 1.00. The lowest BCUT2D eigenvalue weighted by Crippen LogP contribution is -2.21. The van der Waals surface area contributed by atoms with Crippen molar-refractivity contribution in [1.29, 1.82) is 0 Å². The van der Waals surface area contributed by atoms with Crippen LogP contribution < -0.4 is 20.1 Å². The molecule has 0 atom stereocenters. The molecule has 3 aromatic rings. The van der Waals surface area contributed by atoms with Crippen LogP contribution in [0.3, 0.4) is 0 Å². The number of methoxy groups -OCH3 is 1. The molecule has 1 heterocycles. The first kappa shape index (κ1) is 20.1. The summed E-state index contributed by atoms with van der Waals surface area (Å²) < 4.78 is 10.8. The van der Waals surface area contributed by atoms with Gasteiger partial charge in [-0.05, 0) is 56.2 Å². The second-order valence-corrected chi connectivity index (χ2v) is 6.63. The highest BCUT2D eigenvalue weighted by Crippen LogP contribution is 2.23. The van der Waals surface area contributed by atoms with Gasteiger partial charge in [0, 0.05) is 17.4 Å². The van der Waals surface area contributed by atoms with E-state index >= 15 is 0 Å². The van der Waals surface area contributed by atoms with Crippen LogP contribution in [0.5, 0.6) is 11.6 Å². The smallest absolute Gasteiger partial charge is 0.262 e. The third-order valence-corrected chi connectivity index (χ3v) is 4.33. The maximum Gasteiger partial charge on any atom is 0.262 e. The average Bonchev–Trinajstić information content (AvgIpc) is 2.69. The van der Waals surface area contributed by atoms with E-state index in [0.717, 1.165) is 11.4 Å². The van der Waals surface area contributed by atoms with Crippen molar-refractivity contribution < 1.29 is 14.3 Å². The minimum Gasteiger partial charge on any atom is -0.495 e. The van der Waals surface area contributed by atoms with Gasteiger partial charge in [-0.25, -0.2) is 4.98 Å². The Kier molecular flexibility index (Phi) is 6.29. The third-order valence-electron chi connectivity index (χ3n) is 4.33. The van der Waals surface area contributed by atoms with Gasteiger partial charge in [0.2, 0.25) is 11.8 Å². The normalized spacial score (nSPS) is 10.3. The maximum absolute atomic E-state index is 12.2. The van der Waals surface area contributed by atoms with Crippen LogP contribution in [0.4, 0.5) is 17.3 Å². The van der Waals surface area contributed by atoms with Crippen LogP contribution in [0.25, 0.3) is 0 Å². The maximum atomic E-state index is 12.2. The lowest BCUT2D eigenvalue weighted by Gasteiger charge is -2.12. The molecule has 0 radical (unpaired) electrons. The number of carbonyl (C=O) groups is 1. The van der Waals surface area contributed by atoms with E-state index in [0.29, 0.717) is 23.3 Å². The van der Waals surface area contributed by atoms with Crippen molar-refractivity contribution in [3.8, 4) is 11.6 Å². The molecule has 29 heavy (non-hydrogen) atoms. The number of carbonyl (C=O) groups excluding carboxylic acids is 1. The topological polar surface area (TPSA) is 85.4 Å². The zero-order valence-electron chi connectivity index (χ0n) is 16.9. The van der Waals surface area contributed by atoms with Crippen LogP contribution in [-0.4, -0.2) is 29.6 Å². The number of aromatic nitrogens is 2. The van der Waals surface area contributed by atoms with Gasteiger partial charge in [-0.2, -0.15) is 4.98 Å². The molecule has 0 unspecified atom stereocenters. The number of benzene rings is 2. The standard InChI is InChI=1S/C22H24N4O3/c1-14-9-10-17(11-15(14)2)24-22-23-16(3)12-21(26-22)29-13-20(27)25-18-7-5-6-8-19(18)28-4/h5-12H,13H2,1-4H3,(H,25,27)(H,23,24,26). The van der Waals surface area contributed by atoms with Crippen molar-refractivity contribution in [2.24, 2.45) is 0 Å². The quantitative estimate of drug-likeness (QED) is 0.628. The van der Waals surface area contributed by atoms with Crippen molar-refractivity contribution >= 4 is 23.2 Å². The summed E-state index contributed by atoms with van der Waals surface area (Å²) >= 11 is 0. The molecular formula is C22H24N4O3. The first-order valence-electron chi connectivity index (χ1n) is 9.20. The van der Waals surface area contributed by atoms with E-state index in [2.05, 4.69) is 27.5 Å². The summed E-state index contributed by atoms with van der Waals surface area (Å²) in [6.45, 7) is 5.77. The molecule has 0 bridgehead atoms. The number of hydrogen-bond acceptors (Lipinski definition) is 6. The summed E-state index contributed by atoms with van der Waals surface area (Å²) in [6.07, 6.45) is 0. The molecule has 0 spiro atoms. The fraction of sp³-hybridized carbons (Fsp3) is 0.227. The van der Waals surface area contributed by atoms with Crippen molar-refractivity contribution in [2.45, 2.75) is 20.8 Å². The number of aryl methyl sites for hydroxylation is 3. The average molecular weight is 392 g/mol. The van der Waals surface area contributed by atoms with Gasteiger partial charge in [0.05, 0.1) is 12.8 Å². The highest BCUT2D eigenvalue weighted by Gasteiger charge is 2.10. The van der Waals surface area contributed by atoms with E-state index in [1.807, 2.05) is 44.2 Å². The van der Waals surface area contributed by atoms with Gasteiger partial charge in [0.25, 0.3) is 5.91 Å². The second kappa shape index (κ2) is 9.05. The van der Waals surface area contributed by atoms with Crippen LogP contribution in [0.1, 0.15) is 16.8 Å². The highest BCUT2D eigenvalue weighted by atomic mass is 16.5. The molecule has 150 valence electrons. The lowest BCUT2D eigenvalue weighted by molar-refractivity contribution is -0.118. The Bertz CT molecular complexity index is 1020. The first-order chi connectivity index (χ1) is 13.9. The number of amides is 1. The molecule has 1 aromatic heterocycles. The van der Waals surface area contributed by atoms with Crippen LogP contribution in [0.15, 0.2) is 48.5 Å². The van der Waals surface area contributed by atoms with E-state index in [1.165, 1.54) is 11.1 Å². The first-order valence-corrected chi connectivity index (χ1v) is 9.20. The number of anilines is 3. The minimum absolute atomic E-state index is 0.183. The van der Waals surface area contributed by atoms with E-state index in [-0.39, 0.29) is 12.5 Å². The number of rotatable bonds is 7. The Morgan fingerprint density at radius 1 is 1.00 bits per heavy atom. The van der Waals surface area contributed by atoms with Gasteiger partial charge in [0.15, 0.2) is 6.61 Å². The molecule has 7 nitrogen and oxygen atoms in total. The minimum atomic E-state index is -0.311. The molecule has 1 amide bonds. The van der Waals surface area contributed by atoms with Crippen molar-refractivity contribution in [2.75, 3.05) is 24.4 Å². The van der Waals surface area contributed by atoms with Gasteiger partial charge in [-0.15, -0.1) is 0 Å². The van der Waals surface area contributed by atoms with Crippen molar-refractivity contribution in [3.05, 3.63) is 65.4 Å². The monoisotopic (exact) mass is 392 g/mol. The molecule has 0 fully saturated rings. The second-order valence-electron chi connectivity index (χ2n) is 6.63. The molecule has 2 N–H and O–H groups in total. The Labute approximate surface area is 170 Å². The molecule has 0 saturated heterocycles.